The highest BCUT2D eigenvalue weighted by atomic mass is 127. The van der Waals surface area contributed by atoms with Gasteiger partial charge in [0.25, 0.3) is 0 Å². The summed E-state index contributed by atoms with van der Waals surface area (Å²) in [5.41, 5.74) is 0.939. The number of benzene rings is 1. The second-order valence-electron chi connectivity index (χ2n) is 7.88. The third kappa shape index (κ3) is 6.90. The number of nitrogens with one attached hydrogen (secondary N) is 2. The zero-order valence-electron chi connectivity index (χ0n) is 17.9. The second kappa shape index (κ2) is 12.0. The summed E-state index contributed by atoms with van der Waals surface area (Å²) in [6.07, 6.45) is 0. The molecule has 0 saturated carbocycles. The van der Waals surface area contributed by atoms with E-state index in [9.17, 15) is 4.39 Å². The number of ether oxygens (including phenoxy) is 1. The van der Waals surface area contributed by atoms with Crippen LogP contribution in [0.3, 0.4) is 0 Å². The van der Waals surface area contributed by atoms with E-state index in [-0.39, 0.29) is 35.2 Å². The summed E-state index contributed by atoms with van der Waals surface area (Å²) >= 11 is 1.79. The van der Waals surface area contributed by atoms with Crippen molar-refractivity contribution in [1.29, 1.82) is 0 Å². The molecule has 3 rings (SSSR count). The Balaban J connectivity index is 0.00000320. The number of hydrogen-bond acceptors (Lipinski definition) is 4. The molecule has 1 unspecified atom stereocenters. The lowest BCUT2D eigenvalue weighted by molar-refractivity contribution is 0.0177. The van der Waals surface area contributed by atoms with E-state index >= 15 is 0 Å². The van der Waals surface area contributed by atoms with E-state index in [1.54, 1.807) is 18.4 Å². The number of nitrogens with zero attached hydrogens (tertiary/aromatic N) is 2. The molecule has 1 aliphatic heterocycles. The molecule has 0 radical (unpaired) electrons. The van der Waals surface area contributed by atoms with Gasteiger partial charge in [-0.1, -0.05) is 32.0 Å². The smallest absolute Gasteiger partial charge is 0.191 e. The standard InChI is InChI=1S/C22H31FN4OS.HI/c1-22(2,17-6-8-18(23)9-7-17)16-26-21(24-3)25-15-19(20-5-4-14-29-20)27-10-12-28-13-11-27;/h4-9,14,19H,10-13,15-16H2,1-3H3,(H2,24,25,26);1H. The molecule has 8 heteroatoms. The molecular weight excluding hydrogens is 514 g/mol. The molecule has 5 nitrogen and oxygen atoms in total. The van der Waals surface area contributed by atoms with Crippen molar-refractivity contribution in [3.05, 3.63) is 58.0 Å². The topological polar surface area (TPSA) is 48.9 Å². The molecule has 1 fully saturated rings. The Bertz CT molecular complexity index is 777. The highest BCUT2D eigenvalue weighted by Crippen LogP contribution is 2.25. The average molecular weight is 546 g/mol. The minimum atomic E-state index is -0.210. The molecule has 2 aromatic rings. The maximum Gasteiger partial charge on any atom is 0.191 e. The van der Waals surface area contributed by atoms with Gasteiger partial charge in [-0.15, -0.1) is 35.3 Å². The molecule has 2 N–H and O–H groups in total. The van der Waals surface area contributed by atoms with Gasteiger partial charge < -0.3 is 15.4 Å². The Morgan fingerprint density at radius 1 is 1.20 bits per heavy atom. The first-order valence-electron chi connectivity index (χ1n) is 10.1. The van der Waals surface area contributed by atoms with Gasteiger partial charge in [-0.05, 0) is 29.1 Å². The van der Waals surface area contributed by atoms with Gasteiger partial charge >= 0.3 is 0 Å². The van der Waals surface area contributed by atoms with E-state index in [0.717, 1.165) is 44.4 Å². The van der Waals surface area contributed by atoms with Gasteiger partial charge in [-0.25, -0.2) is 4.39 Å². The predicted molar refractivity (Wildman–Crippen MR) is 134 cm³/mol. The summed E-state index contributed by atoms with van der Waals surface area (Å²) < 4.78 is 18.8. The van der Waals surface area contributed by atoms with Gasteiger partial charge in [0.15, 0.2) is 5.96 Å². The highest BCUT2D eigenvalue weighted by molar-refractivity contribution is 14.0. The van der Waals surface area contributed by atoms with Gasteiger partial charge in [0.1, 0.15) is 5.82 Å². The fraction of sp³-hybridized carbons (Fsp3) is 0.500. The third-order valence-electron chi connectivity index (χ3n) is 5.37. The lowest BCUT2D eigenvalue weighted by Crippen LogP contribution is -2.48. The van der Waals surface area contributed by atoms with Crippen LogP contribution in [0.25, 0.3) is 0 Å². The normalized spacial score (nSPS) is 16.6. The van der Waals surface area contributed by atoms with Crippen molar-refractivity contribution in [3.8, 4) is 0 Å². The van der Waals surface area contributed by atoms with Crippen molar-refractivity contribution in [2.75, 3.05) is 46.4 Å². The summed E-state index contributed by atoms with van der Waals surface area (Å²) in [5, 5.41) is 9.05. The molecule has 1 atom stereocenters. The van der Waals surface area contributed by atoms with E-state index in [1.165, 1.54) is 17.0 Å². The highest BCUT2D eigenvalue weighted by Gasteiger charge is 2.24. The largest absolute Gasteiger partial charge is 0.379 e. The average Bonchev–Trinajstić information content (AvgIpc) is 3.26. The molecule has 1 aromatic carbocycles. The molecule has 1 aromatic heterocycles. The van der Waals surface area contributed by atoms with Crippen LogP contribution in [0.1, 0.15) is 30.3 Å². The number of guanidine groups is 1. The lowest BCUT2D eigenvalue weighted by atomic mass is 9.84. The SMILES string of the molecule is CN=C(NCC(c1cccs1)N1CCOCC1)NCC(C)(C)c1ccc(F)cc1.I. The van der Waals surface area contributed by atoms with Crippen LogP contribution < -0.4 is 10.6 Å². The Kier molecular flexibility index (Phi) is 9.99. The van der Waals surface area contributed by atoms with Crippen molar-refractivity contribution >= 4 is 41.3 Å². The molecular formula is C22H32FIN4OS. The van der Waals surface area contributed by atoms with Crippen LogP contribution in [0.15, 0.2) is 46.8 Å². The fourth-order valence-corrected chi connectivity index (χ4v) is 4.36. The Morgan fingerprint density at radius 3 is 2.50 bits per heavy atom. The maximum absolute atomic E-state index is 13.2. The molecule has 1 aliphatic rings. The summed E-state index contributed by atoms with van der Waals surface area (Å²) in [6.45, 7) is 9.19. The van der Waals surface area contributed by atoms with Gasteiger partial charge in [-0.2, -0.15) is 0 Å². The molecule has 166 valence electrons. The third-order valence-corrected chi connectivity index (χ3v) is 6.34. The molecule has 0 amide bonds. The summed E-state index contributed by atoms with van der Waals surface area (Å²) in [7, 11) is 1.79. The first kappa shape index (κ1) is 25.0. The Morgan fingerprint density at radius 2 is 1.90 bits per heavy atom. The Hall–Kier alpha value is -1.23. The minimum Gasteiger partial charge on any atom is -0.379 e. The van der Waals surface area contributed by atoms with E-state index in [2.05, 4.69) is 51.9 Å². The molecule has 30 heavy (non-hydrogen) atoms. The van der Waals surface area contributed by atoms with Crippen molar-refractivity contribution in [2.45, 2.75) is 25.3 Å². The predicted octanol–water partition coefficient (Wildman–Crippen LogP) is 4.02. The Labute approximate surface area is 200 Å². The fourth-order valence-electron chi connectivity index (χ4n) is 3.50. The van der Waals surface area contributed by atoms with Crippen molar-refractivity contribution in [1.82, 2.24) is 15.5 Å². The molecule has 0 spiro atoms. The number of halogens is 2. The molecule has 0 aliphatic carbocycles. The quantitative estimate of drug-likeness (QED) is 0.313. The van der Waals surface area contributed by atoms with Crippen molar-refractivity contribution in [2.24, 2.45) is 4.99 Å². The zero-order chi connectivity index (χ0) is 20.7. The van der Waals surface area contributed by atoms with E-state index < -0.39 is 0 Å². The van der Waals surface area contributed by atoms with E-state index in [4.69, 9.17) is 4.74 Å². The summed E-state index contributed by atoms with van der Waals surface area (Å²) in [4.78, 5) is 8.21. The lowest BCUT2D eigenvalue weighted by Gasteiger charge is -2.34. The van der Waals surface area contributed by atoms with Crippen LogP contribution in [0.5, 0.6) is 0 Å². The van der Waals surface area contributed by atoms with Crippen LogP contribution in [0, 0.1) is 5.82 Å². The van der Waals surface area contributed by atoms with Crippen LogP contribution >= 0.6 is 35.3 Å². The number of morpholine rings is 1. The number of hydrogen-bond donors (Lipinski definition) is 2. The first-order chi connectivity index (χ1) is 14.0. The number of aliphatic imine (C=N–C) groups is 1. The van der Waals surface area contributed by atoms with Crippen LogP contribution in [0.2, 0.25) is 0 Å². The van der Waals surface area contributed by atoms with Gasteiger partial charge in [0, 0.05) is 43.5 Å². The zero-order valence-corrected chi connectivity index (χ0v) is 21.0. The molecule has 1 saturated heterocycles. The van der Waals surface area contributed by atoms with Gasteiger partial charge in [-0.3, -0.25) is 9.89 Å². The molecule has 0 bridgehead atoms. The first-order valence-corrected chi connectivity index (χ1v) is 10.9. The maximum atomic E-state index is 13.2. The molecule has 2 heterocycles. The van der Waals surface area contributed by atoms with Crippen LogP contribution in [0.4, 0.5) is 4.39 Å². The van der Waals surface area contributed by atoms with Crippen LogP contribution in [-0.4, -0.2) is 57.3 Å². The van der Waals surface area contributed by atoms with Crippen LogP contribution in [-0.2, 0) is 10.2 Å². The van der Waals surface area contributed by atoms with Gasteiger partial charge in [0.05, 0.1) is 19.3 Å². The van der Waals surface area contributed by atoms with E-state index in [1.807, 2.05) is 12.1 Å². The second-order valence-corrected chi connectivity index (χ2v) is 8.86. The summed E-state index contributed by atoms with van der Waals surface area (Å²) in [6, 6.07) is 11.3. The van der Waals surface area contributed by atoms with Gasteiger partial charge in [0.2, 0.25) is 0 Å². The monoisotopic (exact) mass is 546 g/mol. The van der Waals surface area contributed by atoms with Crippen molar-refractivity contribution < 1.29 is 9.13 Å². The minimum absolute atomic E-state index is 0. The summed E-state index contributed by atoms with van der Waals surface area (Å²) in [5.74, 6) is 0.563. The number of rotatable bonds is 7. The van der Waals surface area contributed by atoms with Crippen molar-refractivity contribution in [3.63, 3.8) is 0 Å². The number of thiophene rings is 1. The van der Waals surface area contributed by atoms with E-state index in [0.29, 0.717) is 12.6 Å².